The Morgan fingerprint density at radius 1 is 1.18 bits per heavy atom. The van der Waals surface area contributed by atoms with Crippen LogP contribution in [-0.2, 0) is 4.79 Å². The number of carbonyl (C=O) groups is 1. The maximum atomic E-state index is 12.1. The number of hydrogen-bond donors (Lipinski definition) is 1. The van der Waals surface area contributed by atoms with E-state index < -0.39 is 6.10 Å². The van der Waals surface area contributed by atoms with Gasteiger partial charge in [-0.2, -0.15) is 0 Å². The molecular weight excluding hydrogens is 346 g/mol. The fourth-order valence-corrected chi connectivity index (χ4v) is 2.22. The number of benzene rings is 2. The summed E-state index contributed by atoms with van der Waals surface area (Å²) in [7, 11) is 0. The summed E-state index contributed by atoms with van der Waals surface area (Å²) in [4.78, 5) is 12.1. The van der Waals surface area contributed by atoms with Crippen molar-refractivity contribution in [3.8, 4) is 11.5 Å². The Morgan fingerprint density at radius 3 is 2.55 bits per heavy atom. The zero-order valence-corrected chi connectivity index (χ0v) is 14.1. The Morgan fingerprint density at radius 2 is 1.91 bits per heavy atom. The van der Waals surface area contributed by atoms with Crippen LogP contribution in [0.25, 0.3) is 0 Å². The molecule has 0 unspecified atom stereocenters. The normalized spacial score (nSPS) is 11.6. The second-order valence-electron chi connectivity index (χ2n) is 4.66. The molecule has 0 heterocycles. The summed E-state index contributed by atoms with van der Waals surface area (Å²) in [6, 6.07) is 14.6. The predicted octanol–water partition coefficient (Wildman–Crippen LogP) is 4.25. The van der Waals surface area contributed by atoms with Crippen molar-refractivity contribution < 1.29 is 14.3 Å². The van der Waals surface area contributed by atoms with E-state index in [9.17, 15) is 4.79 Å². The monoisotopic (exact) mass is 363 g/mol. The first kappa shape index (κ1) is 16.4. The van der Waals surface area contributed by atoms with Gasteiger partial charge in [0.05, 0.1) is 6.61 Å². The first-order chi connectivity index (χ1) is 10.6. The van der Waals surface area contributed by atoms with Crippen LogP contribution in [0.5, 0.6) is 11.5 Å². The summed E-state index contributed by atoms with van der Waals surface area (Å²) in [6.45, 7) is 4.25. The Bertz CT molecular complexity index is 628. The van der Waals surface area contributed by atoms with Crippen molar-refractivity contribution in [1.29, 1.82) is 0 Å². The van der Waals surface area contributed by atoms with Gasteiger partial charge in [0.15, 0.2) is 6.10 Å². The fourth-order valence-electron chi connectivity index (χ4n) is 1.84. The molecule has 116 valence electrons. The van der Waals surface area contributed by atoms with Crippen molar-refractivity contribution in [2.45, 2.75) is 20.0 Å². The smallest absolute Gasteiger partial charge is 0.265 e. The third-order valence-corrected chi connectivity index (χ3v) is 3.40. The lowest BCUT2D eigenvalue weighted by atomic mass is 10.2. The molecule has 0 spiro atoms. The summed E-state index contributed by atoms with van der Waals surface area (Å²) in [5.41, 5.74) is 0.707. The molecule has 0 fully saturated rings. The third-order valence-electron chi connectivity index (χ3n) is 2.91. The van der Waals surface area contributed by atoms with Crippen molar-refractivity contribution in [2.24, 2.45) is 0 Å². The number of ether oxygens (including phenoxy) is 2. The Kier molecular flexibility index (Phi) is 5.83. The average molecular weight is 364 g/mol. The van der Waals surface area contributed by atoms with Gasteiger partial charge in [0.1, 0.15) is 11.5 Å². The van der Waals surface area contributed by atoms with Gasteiger partial charge in [0, 0.05) is 10.2 Å². The van der Waals surface area contributed by atoms with Gasteiger partial charge in [0.2, 0.25) is 0 Å². The van der Waals surface area contributed by atoms with E-state index in [-0.39, 0.29) is 5.91 Å². The van der Waals surface area contributed by atoms with Crippen molar-refractivity contribution in [3.63, 3.8) is 0 Å². The lowest BCUT2D eigenvalue weighted by molar-refractivity contribution is -0.122. The molecule has 1 atom stereocenters. The topological polar surface area (TPSA) is 47.6 Å². The summed E-state index contributed by atoms with van der Waals surface area (Å²) in [5.74, 6) is 1.21. The zero-order valence-electron chi connectivity index (χ0n) is 12.5. The van der Waals surface area contributed by atoms with E-state index in [2.05, 4.69) is 21.2 Å². The van der Waals surface area contributed by atoms with Gasteiger partial charge < -0.3 is 14.8 Å². The summed E-state index contributed by atoms with van der Waals surface area (Å²) in [6.07, 6.45) is -0.596. The quantitative estimate of drug-likeness (QED) is 0.834. The van der Waals surface area contributed by atoms with Crippen LogP contribution >= 0.6 is 15.9 Å². The highest BCUT2D eigenvalue weighted by Gasteiger charge is 2.15. The molecule has 0 radical (unpaired) electrons. The molecule has 22 heavy (non-hydrogen) atoms. The first-order valence-corrected chi connectivity index (χ1v) is 7.83. The van der Waals surface area contributed by atoms with Crippen LogP contribution in [0.2, 0.25) is 0 Å². The molecule has 1 amide bonds. The average Bonchev–Trinajstić information content (AvgIpc) is 2.49. The van der Waals surface area contributed by atoms with Gasteiger partial charge in [0.25, 0.3) is 5.91 Å². The number of hydrogen-bond acceptors (Lipinski definition) is 3. The van der Waals surface area contributed by atoms with Crippen molar-refractivity contribution in [2.75, 3.05) is 11.9 Å². The highest BCUT2D eigenvalue weighted by Crippen LogP contribution is 2.20. The lowest BCUT2D eigenvalue weighted by Crippen LogP contribution is -2.30. The van der Waals surface area contributed by atoms with E-state index in [0.29, 0.717) is 18.0 Å². The first-order valence-electron chi connectivity index (χ1n) is 7.04. The molecule has 0 saturated carbocycles. The Balaban J connectivity index is 1.93. The van der Waals surface area contributed by atoms with E-state index in [4.69, 9.17) is 9.47 Å². The predicted molar refractivity (Wildman–Crippen MR) is 90.5 cm³/mol. The van der Waals surface area contributed by atoms with Gasteiger partial charge in [-0.05, 0) is 56.3 Å². The maximum Gasteiger partial charge on any atom is 0.265 e. The van der Waals surface area contributed by atoms with Crippen molar-refractivity contribution in [3.05, 3.63) is 53.0 Å². The molecule has 0 aliphatic rings. The van der Waals surface area contributed by atoms with Gasteiger partial charge in [-0.3, -0.25) is 4.79 Å². The summed E-state index contributed by atoms with van der Waals surface area (Å²) in [5, 5.41) is 2.81. The third kappa shape index (κ3) is 4.77. The van der Waals surface area contributed by atoms with Crippen LogP contribution in [0, 0.1) is 0 Å². The zero-order chi connectivity index (χ0) is 15.9. The second kappa shape index (κ2) is 7.84. The number of nitrogens with one attached hydrogen (secondary N) is 1. The molecule has 2 rings (SSSR count). The molecule has 0 aliphatic carbocycles. The van der Waals surface area contributed by atoms with E-state index in [0.717, 1.165) is 10.2 Å². The number of amides is 1. The fraction of sp³-hybridized carbons (Fsp3) is 0.235. The van der Waals surface area contributed by atoms with Crippen molar-refractivity contribution >= 4 is 27.5 Å². The minimum Gasteiger partial charge on any atom is -0.494 e. The molecule has 0 bridgehead atoms. The van der Waals surface area contributed by atoms with Gasteiger partial charge in [-0.25, -0.2) is 0 Å². The molecule has 4 nitrogen and oxygen atoms in total. The van der Waals surface area contributed by atoms with Crippen LogP contribution in [0.4, 0.5) is 5.69 Å². The largest absolute Gasteiger partial charge is 0.494 e. The number of anilines is 1. The minimum absolute atomic E-state index is 0.205. The number of halogens is 1. The molecule has 0 saturated heterocycles. The molecule has 1 N–H and O–H groups in total. The van der Waals surface area contributed by atoms with Crippen LogP contribution in [0.3, 0.4) is 0 Å². The second-order valence-corrected chi connectivity index (χ2v) is 5.58. The SMILES string of the molecule is CCOc1ccc(NC(=O)[C@H](C)Oc2cccc(Br)c2)cc1. The van der Waals surface area contributed by atoms with E-state index in [1.54, 1.807) is 19.1 Å². The van der Waals surface area contributed by atoms with Crippen LogP contribution in [0.1, 0.15) is 13.8 Å². The molecule has 2 aromatic rings. The van der Waals surface area contributed by atoms with E-state index in [1.165, 1.54) is 0 Å². The Labute approximate surface area is 138 Å². The van der Waals surface area contributed by atoms with E-state index >= 15 is 0 Å². The summed E-state index contributed by atoms with van der Waals surface area (Å²) >= 11 is 3.37. The van der Waals surface area contributed by atoms with Crippen LogP contribution < -0.4 is 14.8 Å². The minimum atomic E-state index is -0.596. The lowest BCUT2D eigenvalue weighted by Gasteiger charge is -2.15. The van der Waals surface area contributed by atoms with Gasteiger partial charge in [-0.1, -0.05) is 22.0 Å². The van der Waals surface area contributed by atoms with Gasteiger partial charge >= 0.3 is 0 Å². The number of rotatable bonds is 6. The summed E-state index contributed by atoms with van der Waals surface area (Å²) < 4.78 is 11.9. The Hall–Kier alpha value is -2.01. The molecule has 0 aromatic heterocycles. The molecule has 2 aromatic carbocycles. The highest BCUT2D eigenvalue weighted by molar-refractivity contribution is 9.10. The van der Waals surface area contributed by atoms with Crippen molar-refractivity contribution in [1.82, 2.24) is 0 Å². The standard InChI is InChI=1S/C17H18BrNO3/c1-3-21-15-9-7-14(8-10-15)19-17(20)12(2)22-16-6-4-5-13(18)11-16/h4-12H,3H2,1-2H3,(H,19,20)/t12-/m0/s1. The van der Waals surface area contributed by atoms with Crippen LogP contribution in [-0.4, -0.2) is 18.6 Å². The highest BCUT2D eigenvalue weighted by atomic mass is 79.9. The molecular formula is C17H18BrNO3. The maximum absolute atomic E-state index is 12.1. The van der Waals surface area contributed by atoms with E-state index in [1.807, 2.05) is 43.3 Å². The van der Waals surface area contributed by atoms with Gasteiger partial charge in [-0.15, -0.1) is 0 Å². The molecule has 5 heteroatoms. The van der Waals surface area contributed by atoms with Crippen LogP contribution in [0.15, 0.2) is 53.0 Å². The molecule has 0 aliphatic heterocycles. The number of carbonyl (C=O) groups excluding carboxylic acids is 1.